The second-order valence-electron chi connectivity index (χ2n) is 4.51. The SMILES string of the molecule is CCNCC(C)C(=O)N1CCn2ccnc2C1. The maximum Gasteiger partial charge on any atom is 0.227 e. The number of hydrogen-bond donors (Lipinski definition) is 1. The topological polar surface area (TPSA) is 50.2 Å². The van der Waals surface area contributed by atoms with Gasteiger partial charge in [0.2, 0.25) is 5.91 Å². The van der Waals surface area contributed by atoms with Gasteiger partial charge in [-0.1, -0.05) is 13.8 Å². The molecule has 94 valence electrons. The molecule has 0 spiro atoms. The Bertz CT molecular complexity index is 388. The van der Waals surface area contributed by atoms with Gasteiger partial charge in [0.15, 0.2) is 0 Å². The molecule has 2 rings (SSSR count). The van der Waals surface area contributed by atoms with Gasteiger partial charge >= 0.3 is 0 Å². The van der Waals surface area contributed by atoms with E-state index < -0.39 is 0 Å². The Kier molecular flexibility index (Phi) is 3.78. The van der Waals surface area contributed by atoms with Gasteiger partial charge in [-0.2, -0.15) is 0 Å². The number of rotatable bonds is 4. The first-order chi connectivity index (χ1) is 8.22. The summed E-state index contributed by atoms with van der Waals surface area (Å²) in [6.45, 7) is 7.97. The molecular weight excluding hydrogens is 216 g/mol. The fourth-order valence-corrected chi connectivity index (χ4v) is 2.12. The lowest BCUT2D eigenvalue weighted by molar-refractivity contribution is -0.136. The second-order valence-corrected chi connectivity index (χ2v) is 4.51. The van der Waals surface area contributed by atoms with Crippen molar-refractivity contribution >= 4 is 5.91 Å². The Balaban J connectivity index is 1.93. The van der Waals surface area contributed by atoms with Crippen molar-refractivity contribution in [1.82, 2.24) is 19.8 Å². The van der Waals surface area contributed by atoms with Crippen LogP contribution in [-0.4, -0.2) is 40.0 Å². The molecule has 17 heavy (non-hydrogen) atoms. The first-order valence-corrected chi connectivity index (χ1v) is 6.22. The van der Waals surface area contributed by atoms with Gasteiger partial charge in [0.25, 0.3) is 0 Å². The van der Waals surface area contributed by atoms with Crippen molar-refractivity contribution in [2.24, 2.45) is 5.92 Å². The molecule has 1 aliphatic heterocycles. The second kappa shape index (κ2) is 5.31. The number of carbonyl (C=O) groups is 1. The summed E-state index contributed by atoms with van der Waals surface area (Å²) in [4.78, 5) is 18.4. The number of amides is 1. The third-order valence-electron chi connectivity index (χ3n) is 3.18. The van der Waals surface area contributed by atoms with Gasteiger partial charge < -0.3 is 14.8 Å². The van der Waals surface area contributed by atoms with E-state index in [0.717, 1.165) is 32.0 Å². The number of carbonyl (C=O) groups excluding carboxylic acids is 1. The Morgan fingerprint density at radius 2 is 2.41 bits per heavy atom. The Morgan fingerprint density at radius 1 is 1.59 bits per heavy atom. The highest BCUT2D eigenvalue weighted by Crippen LogP contribution is 2.13. The molecule has 5 nitrogen and oxygen atoms in total. The predicted molar refractivity (Wildman–Crippen MR) is 65.4 cm³/mol. The molecule has 0 saturated heterocycles. The van der Waals surface area contributed by atoms with Crippen molar-refractivity contribution in [3.05, 3.63) is 18.2 Å². The minimum atomic E-state index is 0.0384. The number of hydrogen-bond acceptors (Lipinski definition) is 3. The molecule has 1 aliphatic rings. The summed E-state index contributed by atoms with van der Waals surface area (Å²) in [6.07, 6.45) is 3.77. The minimum Gasteiger partial charge on any atom is -0.333 e. The van der Waals surface area contributed by atoms with Crippen molar-refractivity contribution in [3.8, 4) is 0 Å². The number of fused-ring (bicyclic) bond motifs is 1. The van der Waals surface area contributed by atoms with Crippen LogP contribution in [-0.2, 0) is 17.9 Å². The van der Waals surface area contributed by atoms with Gasteiger partial charge in [0, 0.05) is 37.9 Å². The molecular formula is C12H20N4O. The lowest BCUT2D eigenvalue weighted by atomic mass is 10.1. The molecule has 0 radical (unpaired) electrons. The summed E-state index contributed by atoms with van der Waals surface area (Å²) < 4.78 is 2.11. The van der Waals surface area contributed by atoms with Crippen LogP contribution in [0.5, 0.6) is 0 Å². The quantitative estimate of drug-likeness (QED) is 0.827. The molecule has 1 atom stereocenters. The van der Waals surface area contributed by atoms with Crippen molar-refractivity contribution in [2.75, 3.05) is 19.6 Å². The highest BCUT2D eigenvalue weighted by Gasteiger charge is 2.24. The number of aromatic nitrogens is 2. The molecule has 0 aromatic carbocycles. The van der Waals surface area contributed by atoms with E-state index >= 15 is 0 Å². The van der Waals surface area contributed by atoms with Crippen LogP contribution in [0.15, 0.2) is 12.4 Å². The van der Waals surface area contributed by atoms with E-state index in [9.17, 15) is 4.79 Å². The Labute approximate surface area is 102 Å². The maximum atomic E-state index is 12.2. The van der Waals surface area contributed by atoms with E-state index in [1.165, 1.54) is 0 Å². The van der Waals surface area contributed by atoms with Crippen LogP contribution in [0.4, 0.5) is 0 Å². The molecule has 1 N–H and O–H groups in total. The number of nitrogens with zero attached hydrogens (tertiary/aromatic N) is 3. The molecule has 2 heterocycles. The van der Waals surface area contributed by atoms with E-state index in [4.69, 9.17) is 0 Å². The summed E-state index contributed by atoms with van der Waals surface area (Å²) in [5.74, 6) is 1.25. The Morgan fingerprint density at radius 3 is 3.18 bits per heavy atom. The molecule has 1 aromatic rings. The third kappa shape index (κ3) is 2.66. The predicted octanol–water partition coefficient (Wildman–Crippen LogP) is 0.471. The first-order valence-electron chi connectivity index (χ1n) is 6.22. The molecule has 0 bridgehead atoms. The van der Waals surface area contributed by atoms with Crippen LogP contribution < -0.4 is 5.32 Å². The van der Waals surface area contributed by atoms with Crippen LogP contribution >= 0.6 is 0 Å². The largest absolute Gasteiger partial charge is 0.333 e. The average Bonchev–Trinajstić information content (AvgIpc) is 2.81. The van der Waals surface area contributed by atoms with Crippen molar-refractivity contribution in [1.29, 1.82) is 0 Å². The van der Waals surface area contributed by atoms with E-state index in [-0.39, 0.29) is 11.8 Å². The van der Waals surface area contributed by atoms with Gasteiger partial charge in [-0.15, -0.1) is 0 Å². The van der Waals surface area contributed by atoms with E-state index in [1.807, 2.05) is 18.0 Å². The zero-order valence-corrected chi connectivity index (χ0v) is 10.5. The van der Waals surface area contributed by atoms with Gasteiger partial charge in [0.05, 0.1) is 6.54 Å². The van der Waals surface area contributed by atoms with Crippen LogP contribution in [0.25, 0.3) is 0 Å². The number of imidazole rings is 1. The van der Waals surface area contributed by atoms with Crippen molar-refractivity contribution in [2.45, 2.75) is 26.9 Å². The summed E-state index contributed by atoms with van der Waals surface area (Å²) >= 11 is 0. The molecule has 1 aromatic heterocycles. The first kappa shape index (κ1) is 12.1. The normalized spacial score (nSPS) is 16.7. The van der Waals surface area contributed by atoms with Crippen LogP contribution in [0, 0.1) is 5.92 Å². The average molecular weight is 236 g/mol. The summed E-state index contributed by atoms with van der Waals surface area (Å²) in [7, 11) is 0. The molecule has 0 aliphatic carbocycles. The smallest absolute Gasteiger partial charge is 0.227 e. The Hall–Kier alpha value is -1.36. The summed E-state index contributed by atoms with van der Waals surface area (Å²) in [5, 5.41) is 3.21. The van der Waals surface area contributed by atoms with Gasteiger partial charge in [0.1, 0.15) is 5.82 Å². The fourth-order valence-electron chi connectivity index (χ4n) is 2.12. The van der Waals surface area contributed by atoms with E-state index in [1.54, 1.807) is 6.20 Å². The highest BCUT2D eigenvalue weighted by atomic mass is 16.2. The molecule has 5 heteroatoms. The van der Waals surface area contributed by atoms with Gasteiger partial charge in [-0.05, 0) is 6.54 Å². The number of nitrogens with one attached hydrogen (secondary N) is 1. The summed E-state index contributed by atoms with van der Waals surface area (Å²) in [6, 6.07) is 0. The summed E-state index contributed by atoms with van der Waals surface area (Å²) in [5.41, 5.74) is 0. The van der Waals surface area contributed by atoms with Crippen LogP contribution in [0.3, 0.4) is 0 Å². The minimum absolute atomic E-state index is 0.0384. The zero-order chi connectivity index (χ0) is 12.3. The molecule has 0 fully saturated rings. The fraction of sp³-hybridized carbons (Fsp3) is 0.667. The zero-order valence-electron chi connectivity index (χ0n) is 10.5. The lowest BCUT2D eigenvalue weighted by Gasteiger charge is -2.30. The van der Waals surface area contributed by atoms with Gasteiger partial charge in [-0.3, -0.25) is 4.79 Å². The molecule has 0 saturated carbocycles. The van der Waals surface area contributed by atoms with E-state index in [0.29, 0.717) is 6.54 Å². The van der Waals surface area contributed by atoms with Crippen LogP contribution in [0.2, 0.25) is 0 Å². The lowest BCUT2D eigenvalue weighted by Crippen LogP contribution is -2.43. The van der Waals surface area contributed by atoms with Crippen molar-refractivity contribution in [3.63, 3.8) is 0 Å². The third-order valence-corrected chi connectivity index (χ3v) is 3.18. The monoisotopic (exact) mass is 236 g/mol. The van der Waals surface area contributed by atoms with Crippen molar-refractivity contribution < 1.29 is 4.79 Å². The highest BCUT2D eigenvalue weighted by molar-refractivity contribution is 5.78. The van der Waals surface area contributed by atoms with Crippen LogP contribution in [0.1, 0.15) is 19.7 Å². The molecule has 1 amide bonds. The molecule has 1 unspecified atom stereocenters. The van der Waals surface area contributed by atoms with E-state index in [2.05, 4.69) is 21.8 Å². The van der Waals surface area contributed by atoms with Gasteiger partial charge in [-0.25, -0.2) is 4.98 Å². The maximum absolute atomic E-state index is 12.2. The standard InChI is InChI=1S/C12H20N4O/c1-3-13-8-10(2)12(17)16-7-6-15-5-4-14-11(15)9-16/h4-5,10,13H,3,6-9H2,1-2H3.